The molecule has 0 saturated carbocycles. The maximum absolute atomic E-state index is 12.8. The second-order valence-electron chi connectivity index (χ2n) is 5.94. The number of carboxylic acid groups (broad SMARTS) is 1. The van der Waals surface area contributed by atoms with E-state index in [2.05, 4.69) is 0 Å². The van der Waals surface area contributed by atoms with Crippen LogP contribution in [-0.4, -0.2) is 41.1 Å². The lowest BCUT2D eigenvalue weighted by atomic mass is 9.88. The first-order valence-electron chi connectivity index (χ1n) is 6.43. The van der Waals surface area contributed by atoms with Crippen LogP contribution in [0.15, 0.2) is 0 Å². The first-order chi connectivity index (χ1) is 8.86. The predicted octanol–water partition coefficient (Wildman–Crippen LogP) is 2.92. The Labute approximate surface area is 116 Å². The third-order valence-corrected chi connectivity index (χ3v) is 2.89. The summed E-state index contributed by atoms with van der Waals surface area (Å²) in [6, 6.07) is 0. The normalized spacial score (nSPS) is 12.6. The summed E-state index contributed by atoms with van der Waals surface area (Å²) in [5, 5.41) is 8.62. The standard InChI is InChI=1S/C13H22F3NO3/c1-9(2)8-17(6-5-11(19)20)10(18)7-12(3,4)13(14,15)16/h9H,5-8H2,1-4H3,(H,19,20). The van der Waals surface area contributed by atoms with Gasteiger partial charge in [0.05, 0.1) is 11.8 Å². The molecule has 0 heterocycles. The van der Waals surface area contributed by atoms with Crippen molar-refractivity contribution in [3.8, 4) is 0 Å². The van der Waals surface area contributed by atoms with Crippen molar-refractivity contribution in [2.75, 3.05) is 13.1 Å². The van der Waals surface area contributed by atoms with Gasteiger partial charge in [-0.25, -0.2) is 0 Å². The van der Waals surface area contributed by atoms with Crippen LogP contribution < -0.4 is 0 Å². The number of halogens is 3. The molecule has 1 N–H and O–H groups in total. The average molecular weight is 297 g/mol. The third kappa shape index (κ3) is 6.25. The van der Waals surface area contributed by atoms with Crippen LogP contribution in [0.5, 0.6) is 0 Å². The van der Waals surface area contributed by atoms with E-state index in [1.54, 1.807) is 0 Å². The highest BCUT2D eigenvalue weighted by Gasteiger charge is 2.48. The molecule has 0 rings (SSSR count). The second-order valence-corrected chi connectivity index (χ2v) is 5.94. The van der Waals surface area contributed by atoms with Crippen molar-refractivity contribution >= 4 is 11.9 Å². The third-order valence-electron chi connectivity index (χ3n) is 2.89. The molecule has 0 aliphatic heterocycles. The van der Waals surface area contributed by atoms with Gasteiger partial charge in [0.15, 0.2) is 0 Å². The molecule has 0 spiro atoms. The van der Waals surface area contributed by atoms with Crippen molar-refractivity contribution in [3.05, 3.63) is 0 Å². The molecule has 0 aromatic heterocycles. The Kier molecular flexibility index (Phi) is 6.50. The van der Waals surface area contributed by atoms with Crippen LogP contribution in [-0.2, 0) is 9.59 Å². The summed E-state index contributed by atoms with van der Waals surface area (Å²) in [6.45, 7) is 5.75. The van der Waals surface area contributed by atoms with Gasteiger partial charge in [-0.3, -0.25) is 9.59 Å². The van der Waals surface area contributed by atoms with E-state index in [1.807, 2.05) is 13.8 Å². The van der Waals surface area contributed by atoms with Crippen molar-refractivity contribution < 1.29 is 27.9 Å². The highest BCUT2D eigenvalue weighted by molar-refractivity contribution is 5.77. The van der Waals surface area contributed by atoms with Gasteiger partial charge in [0.25, 0.3) is 0 Å². The molecule has 1 amide bonds. The summed E-state index contributed by atoms with van der Waals surface area (Å²) in [4.78, 5) is 23.7. The fourth-order valence-electron chi connectivity index (χ4n) is 1.58. The van der Waals surface area contributed by atoms with Gasteiger partial charge in [-0.1, -0.05) is 27.7 Å². The van der Waals surface area contributed by atoms with Gasteiger partial charge in [0.2, 0.25) is 5.91 Å². The Morgan fingerprint density at radius 1 is 1.20 bits per heavy atom. The SMILES string of the molecule is CC(C)CN(CCC(=O)O)C(=O)CC(C)(C)C(F)(F)F. The Bertz CT molecular complexity index is 351. The zero-order valence-corrected chi connectivity index (χ0v) is 12.3. The van der Waals surface area contributed by atoms with Crippen LogP contribution in [0.4, 0.5) is 13.2 Å². The minimum absolute atomic E-state index is 0.0572. The molecule has 0 bridgehead atoms. The molecule has 0 saturated heterocycles. The number of alkyl halides is 3. The van der Waals surface area contributed by atoms with Crippen molar-refractivity contribution in [1.29, 1.82) is 0 Å². The number of carboxylic acids is 1. The lowest BCUT2D eigenvalue weighted by Gasteiger charge is -2.31. The Morgan fingerprint density at radius 3 is 2.05 bits per heavy atom. The first-order valence-corrected chi connectivity index (χ1v) is 6.43. The molecule has 118 valence electrons. The van der Waals surface area contributed by atoms with Crippen LogP contribution in [0.25, 0.3) is 0 Å². The summed E-state index contributed by atoms with van der Waals surface area (Å²) in [6.07, 6.45) is -5.42. The van der Waals surface area contributed by atoms with Gasteiger partial charge >= 0.3 is 12.1 Å². The zero-order valence-electron chi connectivity index (χ0n) is 12.3. The highest BCUT2D eigenvalue weighted by atomic mass is 19.4. The van der Waals surface area contributed by atoms with E-state index in [0.29, 0.717) is 0 Å². The molecule has 0 aliphatic rings. The van der Waals surface area contributed by atoms with Gasteiger partial charge in [0, 0.05) is 19.5 Å². The first kappa shape index (κ1) is 18.7. The van der Waals surface area contributed by atoms with Gasteiger partial charge in [-0.2, -0.15) is 13.2 Å². The molecule has 20 heavy (non-hydrogen) atoms. The quantitative estimate of drug-likeness (QED) is 0.786. The summed E-state index contributed by atoms with van der Waals surface area (Å²) >= 11 is 0. The van der Waals surface area contributed by atoms with E-state index in [4.69, 9.17) is 5.11 Å². The average Bonchev–Trinajstić information content (AvgIpc) is 2.20. The number of amides is 1. The summed E-state index contributed by atoms with van der Waals surface area (Å²) in [5.74, 6) is -1.69. The van der Waals surface area contributed by atoms with Gasteiger partial charge in [-0.05, 0) is 5.92 Å². The molecule has 0 atom stereocenters. The van der Waals surface area contributed by atoms with Gasteiger partial charge in [0.1, 0.15) is 0 Å². The largest absolute Gasteiger partial charge is 0.481 e. The van der Waals surface area contributed by atoms with Crippen LogP contribution in [0.2, 0.25) is 0 Å². The molecule has 0 aromatic carbocycles. The highest BCUT2D eigenvalue weighted by Crippen LogP contribution is 2.40. The van der Waals surface area contributed by atoms with Crippen LogP contribution >= 0.6 is 0 Å². The van der Waals surface area contributed by atoms with E-state index in [0.717, 1.165) is 13.8 Å². The molecule has 0 aliphatic carbocycles. The number of aliphatic carboxylic acids is 1. The predicted molar refractivity (Wildman–Crippen MR) is 68.1 cm³/mol. The molecular weight excluding hydrogens is 275 g/mol. The maximum Gasteiger partial charge on any atom is 0.394 e. The van der Waals surface area contributed by atoms with E-state index < -0.39 is 29.9 Å². The van der Waals surface area contributed by atoms with E-state index in [9.17, 15) is 22.8 Å². The number of hydrogen-bond acceptors (Lipinski definition) is 2. The molecule has 0 unspecified atom stereocenters. The Morgan fingerprint density at radius 2 is 1.70 bits per heavy atom. The molecular formula is C13H22F3NO3. The molecule has 0 radical (unpaired) electrons. The number of carbonyl (C=O) groups is 2. The maximum atomic E-state index is 12.8. The van der Waals surface area contributed by atoms with Crippen molar-refractivity contribution in [2.45, 2.75) is 46.7 Å². The monoisotopic (exact) mass is 297 g/mol. The number of carbonyl (C=O) groups excluding carboxylic acids is 1. The fourth-order valence-corrected chi connectivity index (χ4v) is 1.58. The van der Waals surface area contributed by atoms with Crippen LogP contribution in [0.3, 0.4) is 0 Å². The number of rotatable bonds is 7. The summed E-state index contributed by atoms with van der Waals surface area (Å²) in [5.41, 5.74) is -2.12. The lowest BCUT2D eigenvalue weighted by Crippen LogP contribution is -2.42. The van der Waals surface area contributed by atoms with E-state index in [1.165, 1.54) is 4.90 Å². The van der Waals surface area contributed by atoms with Crippen molar-refractivity contribution in [3.63, 3.8) is 0 Å². The van der Waals surface area contributed by atoms with Crippen LogP contribution in [0, 0.1) is 11.3 Å². The second kappa shape index (κ2) is 6.95. The molecule has 7 heteroatoms. The lowest BCUT2D eigenvalue weighted by molar-refractivity contribution is -0.215. The topological polar surface area (TPSA) is 57.6 Å². The number of hydrogen-bond donors (Lipinski definition) is 1. The molecule has 0 aromatic rings. The van der Waals surface area contributed by atoms with Crippen molar-refractivity contribution in [2.24, 2.45) is 11.3 Å². The fraction of sp³-hybridized carbons (Fsp3) is 0.846. The summed E-state index contributed by atoms with van der Waals surface area (Å²) in [7, 11) is 0. The smallest absolute Gasteiger partial charge is 0.394 e. The van der Waals surface area contributed by atoms with E-state index >= 15 is 0 Å². The Balaban J connectivity index is 4.82. The molecule has 0 fully saturated rings. The molecule has 4 nitrogen and oxygen atoms in total. The van der Waals surface area contributed by atoms with Gasteiger partial charge in [-0.15, -0.1) is 0 Å². The number of nitrogens with zero attached hydrogens (tertiary/aromatic N) is 1. The van der Waals surface area contributed by atoms with Crippen molar-refractivity contribution in [1.82, 2.24) is 4.90 Å². The van der Waals surface area contributed by atoms with Gasteiger partial charge < -0.3 is 10.0 Å². The van der Waals surface area contributed by atoms with E-state index in [-0.39, 0.29) is 25.4 Å². The minimum atomic E-state index is -4.47. The summed E-state index contributed by atoms with van der Waals surface area (Å²) < 4.78 is 38.3. The minimum Gasteiger partial charge on any atom is -0.481 e. The van der Waals surface area contributed by atoms with Crippen LogP contribution in [0.1, 0.15) is 40.5 Å². The zero-order chi connectivity index (χ0) is 16.1. The Hall–Kier alpha value is -1.27.